The van der Waals surface area contributed by atoms with Gasteiger partial charge in [0, 0.05) is 10.5 Å². The third kappa shape index (κ3) is 4.64. The maximum Gasteiger partial charge on any atom is 0.407 e. The standard InChI is InChI=1S/C13H17BrFNO2/c1-3-11(16-13(17)18-4-2)7-9-5-6-10(14)8-12(9)15/h5-6,8,11H,3-4,7H2,1-2H3,(H,16,17). The number of hydrogen-bond acceptors (Lipinski definition) is 2. The first kappa shape index (κ1) is 15.0. The highest BCUT2D eigenvalue weighted by atomic mass is 79.9. The summed E-state index contributed by atoms with van der Waals surface area (Å²) in [6.45, 7) is 4.01. The van der Waals surface area contributed by atoms with Crippen LogP contribution in [0.3, 0.4) is 0 Å². The molecular formula is C13H17BrFNO2. The van der Waals surface area contributed by atoms with E-state index in [-0.39, 0.29) is 11.9 Å². The number of benzene rings is 1. The number of carbonyl (C=O) groups excluding carboxylic acids is 1. The molecule has 0 aliphatic heterocycles. The van der Waals surface area contributed by atoms with E-state index in [4.69, 9.17) is 4.74 Å². The second-order valence-electron chi connectivity index (χ2n) is 3.91. The molecule has 1 atom stereocenters. The Morgan fingerprint density at radius 2 is 2.22 bits per heavy atom. The third-order valence-corrected chi connectivity index (χ3v) is 3.06. The normalized spacial score (nSPS) is 12.0. The average Bonchev–Trinajstić information content (AvgIpc) is 2.31. The fourth-order valence-corrected chi connectivity index (χ4v) is 1.92. The zero-order valence-electron chi connectivity index (χ0n) is 10.5. The van der Waals surface area contributed by atoms with Crippen LogP contribution < -0.4 is 5.32 Å². The van der Waals surface area contributed by atoms with Crippen molar-refractivity contribution < 1.29 is 13.9 Å². The van der Waals surface area contributed by atoms with Crippen LogP contribution in [0.1, 0.15) is 25.8 Å². The monoisotopic (exact) mass is 317 g/mol. The molecule has 5 heteroatoms. The van der Waals surface area contributed by atoms with Crippen molar-refractivity contribution >= 4 is 22.0 Å². The Labute approximate surface area is 115 Å². The Morgan fingerprint density at radius 3 is 2.78 bits per heavy atom. The maximum absolute atomic E-state index is 13.7. The summed E-state index contributed by atoms with van der Waals surface area (Å²) in [5.41, 5.74) is 0.585. The van der Waals surface area contributed by atoms with Crippen LogP contribution in [0.2, 0.25) is 0 Å². The Balaban J connectivity index is 2.65. The second kappa shape index (κ2) is 7.36. The van der Waals surface area contributed by atoms with Crippen LogP contribution in [0.15, 0.2) is 22.7 Å². The number of nitrogens with one attached hydrogen (secondary N) is 1. The van der Waals surface area contributed by atoms with Gasteiger partial charge in [0.2, 0.25) is 0 Å². The molecule has 100 valence electrons. The molecule has 0 aromatic heterocycles. The molecule has 0 saturated carbocycles. The van der Waals surface area contributed by atoms with Crippen LogP contribution in [0.5, 0.6) is 0 Å². The smallest absolute Gasteiger partial charge is 0.407 e. The lowest BCUT2D eigenvalue weighted by Crippen LogP contribution is -2.36. The first-order valence-corrected chi connectivity index (χ1v) is 6.73. The number of halogens is 2. The molecule has 3 nitrogen and oxygen atoms in total. The van der Waals surface area contributed by atoms with Crippen molar-refractivity contribution in [3.63, 3.8) is 0 Å². The van der Waals surface area contributed by atoms with Crippen molar-refractivity contribution in [3.05, 3.63) is 34.1 Å². The van der Waals surface area contributed by atoms with Crippen LogP contribution in [0.4, 0.5) is 9.18 Å². The molecule has 0 fully saturated rings. The van der Waals surface area contributed by atoms with Gasteiger partial charge in [-0.3, -0.25) is 0 Å². The number of rotatable bonds is 5. The van der Waals surface area contributed by atoms with Crippen LogP contribution in [0, 0.1) is 5.82 Å². The molecule has 0 radical (unpaired) electrons. The van der Waals surface area contributed by atoms with E-state index >= 15 is 0 Å². The van der Waals surface area contributed by atoms with Gasteiger partial charge in [-0.05, 0) is 37.5 Å². The Morgan fingerprint density at radius 1 is 1.50 bits per heavy atom. The van der Waals surface area contributed by atoms with E-state index in [0.29, 0.717) is 29.5 Å². The van der Waals surface area contributed by atoms with Crippen LogP contribution in [0.25, 0.3) is 0 Å². The summed E-state index contributed by atoms with van der Waals surface area (Å²) in [5, 5.41) is 2.72. The van der Waals surface area contributed by atoms with Gasteiger partial charge in [-0.1, -0.05) is 28.9 Å². The summed E-state index contributed by atoms with van der Waals surface area (Å²) >= 11 is 3.21. The molecule has 0 spiro atoms. The number of carbonyl (C=O) groups is 1. The molecule has 1 N–H and O–H groups in total. The molecule has 1 aromatic carbocycles. The van der Waals surface area contributed by atoms with Gasteiger partial charge in [0.1, 0.15) is 5.82 Å². The predicted octanol–water partition coefficient (Wildman–Crippen LogP) is 3.66. The van der Waals surface area contributed by atoms with Gasteiger partial charge in [-0.2, -0.15) is 0 Å². The van der Waals surface area contributed by atoms with Gasteiger partial charge in [0.15, 0.2) is 0 Å². The van der Waals surface area contributed by atoms with Crippen molar-refractivity contribution in [2.75, 3.05) is 6.61 Å². The van der Waals surface area contributed by atoms with Gasteiger partial charge >= 0.3 is 6.09 Å². The van der Waals surface area contributed by atoms with Gasteiger partial charge in [-0.25, -0.2) is 9.18 Å². The molecule has 0 aliphatic rings. The largest absolute Gasteiger partial charge is 0.450 e. The fraction of sp³-hybridized carbons (Fsp3) is 0.462. The molecular weight excluding hydrogens is 301 g/mol. The summed E-state index contributed by atoms with van der Waals surface area (Å²) in [6.07, 6.45) is 0.713. The minimum Gasteiger partial charge on any atom is -0.450 e. The lowest BCUT2D eigenvalue weighted by Gasteiger charge is -2.17. The lowest BCUT2D eigenvalue weighted by atomic mass is 10.0. The number of ether oxygens (including phenoxy) is 1. The molecule has 1 amide bonds. The van der Waals surface area contributed by atoms with Gasteiger partial charge < -0.3 is 10.1 Å². The summed E-state index contributed by atoms with van der Waals surface area (Å²) < 4.78 is 19.2. The van der Waals surface area contributed by atoms with Crippen LogP contribution in [-0.2, 0) is 11.2 Å². The fourth-order valence-electron chi connectivity index (χ4n) is 1.59. The minimum absolute atomic E-state index is 0.125. The molecule has 0 aliphatic carbocycles. The maximum atomic E-state index is 13.7. The molecule has 18 heavy (non-hydrogen) atoms. The van der Waals surface area contributed by atoms with Crippen molar-refractivity contribution in [1.29, 1.82) is 0 Å². The molecule has 0 saturated heterocycles. The molecule has 1 aromatic rings. The van der Waals surface area contributed by atoms with Crippen molar-refractivity contribution in [1.82, 2.24) is 5.32 Å². The minimum atomic E-state index is -0.457. The number of hydrogen-bond donors (Lipinski definition) is 1. The Bertz CT molecular complexity index is 412. The highest BCUT2D eigenvalue weighted by molar-refractivity contribution is 9.10. The summed E-state index contributed by atoms with van der Waals surface area (Å²) in [4.78, 5) is 11.3. The first-order valence-electron chi connectivity index (χ1n) is 5.94. The molecule has 1 unspecified atom stereocenters. The first-order chi connectivity index (χ1) is 8.56. The van der Waals surface area contributed by atoms with E-state index in [1.165, 1.54) is 6.07 Å². The zero-order valence-corrected chi connectivity index (χ0v) is 12.1. The van der Waals surface area contributed by atoms with Crippen molar-refractivity contribution in [3.8, 4) is 0 Å². The Hall–Kier alpha value is -1.10. The van der Waals surface area contributed by atoms with Crippen molar-refractivity contribution in [2.24, 2.45) is 0 Å². The molecule has 0 heterocycles. The lowest BCUT2D eigenvalue weighted by molar-refractivity contribution is 0.147. The third-order valence-electron chi connectivity index (χ3n) is 2.57. The number of amides is 1. The van der Waals surface area contributed by atoms with Crippen LogP contribution >= 0.6 is 15.9 Å². The molecule has 0 bridgehead atoms. The quantitative estimate of drug-likeness (QED) is 0.900. The van der Waals surface area contributed by atoms with E-state index in [1.54, 1.807) is 19.1 Å². The summed E-state index contributed by atoms with van der Waals surface area (Å²) in [7, 11) is 0. The van der Waals surface area contributed by atoms with E-state index in [0.717, 1.165) is 0 Å². The second-order valence-corrected chi connectivity index (χ2v) is 4.83. The number of alkyl carbamates (subject to hydrolysis) is 1. The Kier molecular flexibility index (Phi) is 6.12. The van der Waals surface area contributed by atoms with Crippen LogP contribution in [-0.4, -0.2) is 18.7 Å². The summed E-state index contributed by atoms with van der Waals surface area (Å²) in [6, 6.07) is 4.80. The van der Waals surface area contributed by atoms with E-state index < -0.39 is 6.09 Å². The predicted molar refractivity (Wildman–Crippen MR) is 72.0 cm³/mol. The average molecular weight is 318 g/mol. The topological polar surface area (TPSA) is 38.3 Å². The zero-order chi connectivity index (χ0) is 13.5. The van der Waals surface area contributed by atoms with Gasteiger partial charge in [-0.15, -0.1) is 0 Å². The van der Waals surface area contributed by atoms with Crippen molar-refractivity contribution in [2.45, 2.75) is 32.7 Å². The summed E-state index contributed by atoms with van der Waals surface area (Å²) in [5.74, 6) is -0.270. The van der Waals surface area contributed by atoms with Gasteiger partial charge in [0.25, 0.3) is 0 Å². The van der Waals surface area contributed by atoms with Gasteiger partial charge in [0.05, 0.1) is 6.61 Å². The highest BCUT2D eigenvalue weighted by Gasteiger charge is 2.14. The SMILES string of the molecule is CCOC(=O)NC(CC)Cc1ccc(Br)cc1F. The highest BCUT2D eigenvalue weighted by Crippen LogP contribution is 2.17. The van der Waals surface area contributed by atoms with E-state index in [1.807, 2.05) is 6.92 Å². The molecule has 1 rings (SSSR count). The van der Waals surface area contributed by atoms with E-state index in [9.17, 15) is 9.18 Å². The van der Waals surface area contributed by atoms with E-state index in [2.05, 4.69) is 21.2 Å².